The number of nitrogens with one attached hydrogen (secondary N) is 1. The Morgan fingerprint density at radius 1 is 1.16 bits per heavy atom. The number of benzene rings is 2. The Hall–Kier alpha value is -3.66. The molecule has 160 valence electrons. The number of imide groups is 1. The van der Waals surface area contributed by atoms with Gasteiger partial charge in [-0.2, -0.15) is 0 Å². The van der Waals surface area contributed by atoms with Crippen LogP contribution in [0.3, 0.4) is 0 Å². The highest BCUT2D eigenvalue weighted by Crippen LogP contribution is 2.33. The van der Waals surface area contributed by atoms with Gasteiger partial charge in [-0.05, 0) is 42.1 Å². The van der Waals surface area contributed by atoms with Gasteiger partial charge in [-0.1, -0.05) is 24.3 Å². The van der Waals surface area contributed by atoms with E-state index in [0.717, 1.165) is 11.0 Å². The first kappa shape index (κ1) is 22.0. The van der Waals surface area contributed by atoms with Gasteiger partial charge in [0.15, 0.2) is 6.61 Å². The van der Waals surface area contributed by atoms with Crippen molar-refractivity contribution in [2.75, 3.05) is 25.6 Å². The maximum atomic E-state index is 13.2. The Bertz CT molecular complexity index is 1070. The Morgan fingerprint density at radius 3 is 2.68 bits per heavy atom. The van der Waals surface area contributed by atoms with Crippen LogP contribution in [0.5, 0.6) is 5.75 Å². The summed E-state index contributed by atoms with van der Waals surface area (Å²) in [6.07, 6.45) is 1.45. The van der Waals surface area contributed by atoms with Crippen molar-refractivity contribution in [3.05, 3.63) is 64.8 Å². The van der Waals surface area contributed by atoms with Gasteiger partial charge in [-0.3, -0.25) is 19.3 Å². The van der Waals surface area contributed by atoms with E-state index in [-0.39, 0.29) is 17.2 Å². The molecular weight excluding hydrogens is 427 g/mol. The Balaban J connectivity index is 1.71. The topological polar surface area (TPSA) is 102 Å². The van der Waals surface area contributed by atoms with Crippen molar-refractivity contribution in [1.29, 1.82) is 0 Å². The van der Waals surface area contributed by atoms with E-state index in [1.54, 1.807) is 24.3 Å². The lowest BCUT2D eigenvalue weighted by Crippen LogP contribution is -2.36. The molecule has 3 amide bonds. The number of ether oxygens (including phenoxy) is 2. The predicted octanol–water partition coefficient (Wildman–Crippen LogP) is 3.05. The highest BCUT2D eigenvalue weighted by atomic mass is 32.2. The van der Waals surface area contributed by atoms with Crippen LogP contribution in [-0.2, 0) is 19.1 Å². The Morgan fingerprint density at radius 2 is 1.94 bits per heavy atom. The zero-order valence-corrected chi connectivity index (χ0v) is 17.1. The van der Waals surface area contributed by atoms with E-state index in [4.69, 9.17) is 4.74 Å². The quantitative estimate of drug-likeness (QED) is 0.517. The average molecular weight is 444 g/mol. The summed E-state index contributed by atoms with van der Waals surface area (Å²) in [5.74, 6) is -2.06. The highest BCUT2D eigenvalue weighted by Gasteiger charge is 2.36. The molecule has 1 saturated heterocycles. The van der Waals surface area contributed by atoms with Crippen LogP contribution in [0.4, 0.5) is 14.9 Å². The van der Waals surface area contributed by atoms with Crippen LogP contribution in [-0.4, -0.2) is 48.2 Å². The standard InChI is InChI=1S/C21H17FN2O6S/c1-29-19(26)12-30-16-8-3-2-5-13(16)9-17-20(27)24(21(28)31-17)11-18(25)23-15-7-4-6-14(22)10-15/h2-10H,11-12H2,1H3,(H,23,25)/b17-9+. The van der Waals surface area contributed by atoms with Gasteiger partial charge in [0.1, 0.15) is 18.1 Å². The van der Waals surface area contributed by atoms with Gasteiger partial charge in [0, 0.05) is 11.3 Å². The van der Waals surface area contributed by atoms with Crippen molar-refractivity contribution in [2.24, 2.45) is 0 Å². The summed E-state index contributed by atoms with van der Waals surface area (Å²) in [7, 11) is 1.23. The summed E-state index contributed by atoms with van der Waals surface area (Å²) in [4.78, 5) is 49.3. The molecule has 0 atom stereocenters. The minimum atomic E-state index is -0.646. The van der Waals surface area contributed by atoms with Crippen molar-refractivity contribution >= 4 is 46.5 Å². The molecule has 0 aliphatic carbocycles. The molecule has 1 aliphatic heterocycles. The monoisotopic (exact) mass is 444 g/mol. The van der Waals surface area contributed by atoms with Gasteiger partial charge in [0.2, 0.25) is 5.91 Å². The van der Waals surface area contributed by atoms with E-state index in [0.29, 0.717) is 23.1 Å². The number of nitrogens with zero attached hydrogens (tertiary/aromatic N) is 1. The van der Waals surface area contributed by atoms with Crippen LogP contribution in [0, 0.1) is 5.82 Å². The molecule has 1 aliphatic rings. The van der Waals surface area contributed by atoms with Crippen molar-refractivity contribution in [3.63, 3.8) is 0 Å². The first-order valence-electron chi connectivity index (χ1n) is 8.97. The molecule has 3 rings (SSSR count). The molecular formula is C21H17FN2O6S. The third-order valence-electron chi connectivity index (χ3n) is 4.06. The summed E-state index contributed by atoms with van der Waals surface area (Å²) >= 11 is 0.676. The first-order chi connectivity index (χ1) is 14.9. The lowest BCUT2D eigenvalue weighted by Gasteiger charge is -2.12. The number of anilines is 1. The molecule has 2 aromatic carbocycles. The third-order valence-corrected chi connectivity index (χ3v) is 4.97. The largest absolute Gasteiger partial charge is 0.481 e. The van der Waals surface area contributed by atoms with E-state index in [2.05, 4.69) is 10.1 Å². The van der Waals surface area contributed by atoms with Crippen LogP contribution < -0.4 is 10.1 Å². The molecule has 0 bridgehead atoms. The fraction of sp³-hybridized carbons (Fsp3) is 0.143. The first-order valence-corrected chi connectivity index (χ1v) is 9.78. The predicted molar refractivity (Wildman–Crippen MR) is 112 cm³/mol. The van der Waals surface area contributed by atoms with E-state index in [1.807, 2.05) is 0 Å². The number of methoxy groups -OCH3 is 1. The molecule has 10 heteroatoms. The number of hydrogen-bond acceptors (Lipinski definition) is 7. The minimum absolute atomic E-state index is 0.0951. The van der Waals surface area contributed by atoms with Crippen LogP contribution in [0.25, 0.3) is 6.08 Å². The molecule has 31 heavy (non-hydrogen) atoms. The lowest BCUT2D eigenvalue weighted by molar-refractivity contribution is -0.142. The van der Waals surface area contributed by atoms with Crippen LogP contribution in [0.15, 0.2) is 53.4 Å². The average Bonchev–Trinajstić information content (AvgIpc) is 3.00. The van der Waals surface area contributed by atoms with E-state index < -0.39 is 35.4 Å². The zero-order chi connectivity index (χ0) is 22.4. The number of carbonyl (C=O) groups excluding carboxylic acids is 4. The minimum Gasteiger partial charge on any atom is -0.481 e. The molecule has 0 radical (unpaired) electrons. The van der Waals surface area contributed by atoms with Crippen molar-refractivity contribution in [1.82, 2.24) is 4.90 Å². The van der Waals surface area contributed by atoms with Crippen molar-refractivity contribution in [3.8, 4) is 5.75 Å². The maximum absolute atomic E-state index is 13.2. The van der Waals surface area contributed by atoms with Gasteiger partial charge in [-0.25, -0.2) is 9.18 Å². The summed E-state index contributed by atoms with van der Waals surface area (Å²) < 4.78 is 23.2. The second kappa shape index (κ2) is 9.90. The normalized spacial score (nSPS) is 14.6. The molecule has 0 unspecified atom stereocenters. The lowest BCUT2D eigenvalue weighted by atomic mass is 10.2. The maximum Gasteiger partial charge on any atom is 0.343 e. The van der Waals surface area contributed by atoms with Crippen LogP contribution in [0.2, 0.25) is 0 Å². The molecule has 2 aromatic rings. The van der Waals surface area contributed by atoms with Crippen LogP contribution in [0.1, 0.15) is 5.56 Å². The van der Waals surface area contributed by atoms with E-state index in [1.165, 1.54) is 31.4 Å². The number of rotatable bonds is 7. The molecule has 1 heterocycles. The molecule has 0 spiro atoms. The molecule has 8 nitrogen and oxygen atoms in total. The SMILES string of the molecule is COC(=O)COc1ccccc1/C=C1/SC(=O)N(CC(=O)Nc2cccc(F)c2)C1=O. The molecule has 1 N–H and O–H groups in total. The zero-order valence-electron chi connectivity index (χ0n) is 16.3. The molecule has 0 aromatic heterocycles. The summed E-state index contributed by atoms with van der Waals surface area (Å²) in [6.45, 7) is -0.831. The van der Waals surface area contributed by atoms with Gasteiger partial charge in [0.05, 0.1) is 12.0 Å². The summed E-state index contributed by atoms with van der Waals surface area (Å²) in [5, 5.41) is 1.83. The number of halogens is 1. The van der Waals surface area contributed by atoms with Crippen molar-refractivity contribution in [2.45, 2.75) is 0 Å². The number of carbonyl (C=O) groups is 4. The fourth-order valence-electron chi connectivity index (χ4n) is 2.61. The highest BCUT2D eigenvalue weighted by molar-refractivity contribution is 8.18. The Kier molecular flexibility index (Phi) is 7.03. The molecule has 1 fully saturated rings. The number of esters is 1. The van der Waals surface area contributed by atoms with Crippen molar-refractivity contribution < 1.29 is 33.0 Å². The van der Waals surface area contributed by atoms with Gasteiger partial charge in [0.25, 0.3) is 11.1 Å². The number of amides is 3. The summed E-state index contributed by atoms with van der Waals surface area (Å²) in [5.41, 5.74) is 0.685. The smallest absolute Gasteiger partial charge is 0.343 e. The van der Waals surface area contributed by atoms with E-state index >= 15 is 0 Å². The van der Waals surface area contributed by atoms with Crippen LogP contribution >= 0.6 is 11.8 Å². The van der Waals surface area contributed by atoms with Gasteiger partial charge >= 0.3 is 5.97 Å². The fourth-order valence-corrected chi connectivity index (χ4v) is 3.44. The Labute approximate surface area is 181 Å². The van der Waals surface area contributed by atoms with Gasteiger partial charge < -0.3 is 14.8 Å². The number of hydrogen-bond donors (Lipinski definition) is 1. The molecule has 0 saturated carbocycles. The number of thioether (sulfide) groups is 1. The van der Waals surface area contributed by atoms with Gasteiger partial charge in [-0.15, -0.1) is 0 Å². The second-order valence-corrected chi connectivity index (χ2v) is 7.22. The summed E-state index contributed by atoms with van der Waals surface area (Å²) in [6, 6.07) is 11.9. The third kappa shape index (κ3) is 5.70. The second-order valence-electron chi connectivity index (χ2n) is 6.23. The van der Waals surface area contributed by atoms with E-state index in [9.17, 15) is 23.6 Å². The number of para-hydroxylation sites is 1.